The van der Waals surface area contributed by atoms with Crippen LogP contribution >= 0.6 is 0 Å². The Labute approximate surface area is 127 Å². The Morgan fingerprint density at radius 1 is 0.700 bits per heavy atom. The second-order valence-electron chi connectivity index (χ2n) is 5.11. The lowest BCUT2D eigenvalue weighted by molar-refractivity contribution is 0.876. The van der Waals surface area contributed by atoms with Crippen molar-refractivity contribution in [3.63, 3.8) is 0 Å². The van der Waals surface area contributed by atoms with Gasteiger partial charge in [0.25, 0.3) is 0 Å². The molecule has 0 fully saturated rings. The molecule has 2 aromatic rings. The summed E-state index contributed by atoms with van der Waals surface area (Å²) in [4.78, 5) is 0. The standard InChI is InChI=1S/C16H20.C2H6.2CH4/c1-10(2)14-7-6-11(3)15-8-12(4)13(5)9-16(14)15;1-2;;/h6-10H,1-5H3;1-2H3;2*1H4. The summed E-state index contributed by atoms with van der Waals surface area (Å²) >= 11 is 0. The van der Waals surface area contributed by atoms with E-state index in [4.69, 9.17) is 0 Å². The molecule has 0 aliphatic carbocycles. The minimum absolute atomic E-state index is 0. The van der Waals surface area contributed by atoms with Gasteiger partial charge in [0.2, 0.25) is 0 Å². The molecule has 114 valence electrons. The number of rotatable bonds is 1. The lowest BCUT2D eigenvalue weighted by atomic mass is 9.91. The molecular weight excluding hydrogens is 240 g/mol. The van der Waals surface area contributed by atoms with Crippen LogP contribution < -0.4 is 0 Å². The Hall–Kier alpha value is -1.30. The van der Waals surface area contributed by atoms with Crippen molar-refractivity contribution < 1.29 is 0 Å². The van der Waals surface area contributed by atoms with Crippen LogP contribution in [0.5, 0.6) is 0 Å². The fourth-order valence-corrected chi connectivity index (χ4v) is 2.28. The number of aryl methyl sites for hydroxylation is 3. The van der Waals surface area contributed by atoms with Crippen molar-refractivity contribution in [2.24, 2.45) is 0 Å². The molecule has 0 aliphatic rings. The minimum atomic E-state index is 0. The summed E-state index contributed by atoms with van der Waals surface area (Å²) in [5.74, 6) is 0.588. The Bertz CT molecular complexity index is 533. The van der Waals surface area contributed by atoms with Crippen LogP contribution in [0.4, 0.5) is 0 Å². The zero-order valence-electron chi connectivity index (χ0n) is 12.9. The molecule has 0 radical (unpaired) electrons. The number of fused-ring (bicyclic) bond motifs is 1. The van der Waals surface area contributed by atoms with Gasteiger partial charge < -0.3 is 0 Å². The van der Waals surface area contributed by atoms with Crippen molar-refractivity contribution in [2.45, 2.75) is 69.2 Å². The monoisotopic (exact) mass is 274 g/mol. The van der Waals surface area contributed by atoms with Crippen molar-refractivity contribution in [3.05, 3.63) is 46.5 Å². The van der Waals surface area contributed by atoms with Crippen molar-refractivity contribution in [3.8, 4) is 0 Å². The van der Waals surface area contributed by atoms with E-state index in [-0.39, 0.29) is 14.9 Å². The van der Waals surface area contributed by atoms with E-state index in [1.807, 2.05) is 13.8 Å². The lowest BCUT2D eigenvalue weighted by Gasteiger charge is -2.14. The summed E-state index contributed by atoms with van der Waals surface area (Å²) in [5, 5.41) is 2.84. The van der Waals surface area contributed by atoms with Crippen LogP contribution in [0, 0.1) is 20.8 Å². The summed E-state index contributed by atoms with van der Waals surface area (Å²) < 4.78 is 0. The van der Waals surface area contributed by atoms with Gasteiger partial charge in [-0.15, -0.1) is 0 Å². The predicted molar refractivity (Wildman–Crippen MR) is 97.1 cm³/mol. The molecule has 0 nitrogen and oxygen atoms in total. The number of hydrogen-bond acceptors (Lipinski definition) is 0. The van der Waals surface area contributed by atoms with Gasteiger partial charge in [0, 0.05) is 0 Å². The normalized spacial score (nSPS) is 9.40. The maximum Gasteiger partial charge on any atom is -0.0144 e. The predicted octanol–water partition coefficient (Wildman–Crippen LogP) is 7.19. The van der Waals surface area contributed by atoms with E-state index >= 15 is 0 Å². The molecule has 2 rings (SSSR count). The Balaban J connectivity index is 0. The maximum atomic E-state index is 2.34. The van der Waals surface area contributed by atoms with Crippen molar-refractivity contribution in [1.82, 2.24) is 0 Å². The molecule has 0 spiro atoms. The Morgan fingerprint density at radius 2 is 1.15 bits per heavy atom. The largest absolute Gasteiger partial charge is 0.0776 e. The first-order valence-corrected chi connectivity index (χ1v) is 7.01. The Morgan fingerprint density at radius 3 is 1.60 bits per heavy atom. The molecule has 0 saturated heterocycles. The van der Waals surface area contributed by atoms with Gasteiger partial charge in [-0.3, -0.25) is 0 Å². The van der Waals surface area contributed by atoms with Gasteiger partial charge in [0.05, 0.1) is 0 Å². The van der Waals surface area contributed by atoms with Crippen LogP contribution in [-0.2, 0) is 0 Å². The first kappa shape index (κ1) is 21.0. The minimum Gasteiger partial charge on any atom is -0.0776 e. The summed E-state index contributed by atoms with van der Waals surface area (Å²) in [7, 11) is 0. The summed E-state index contributed by atoms with van der Waals surface area (Å²) in [6.07, 6.45) is 0. The van der Waals surface area contributed by atoms with Crippen LogP contribution in [-0.4, -0.2) is 0 Å². The van der Waals surface area contributed by atoms with Crippen molar-refractivity contribution in [1.29, 1.82) is 0 Å². The average molecular weight is 274 g/mol. The van der Waals surface area contributed by atoms with E-state index in [0.29, 0.717) is 5.92 Å². The van der Waals surface area contributed by atoms with Crippen molar-refractivity contribution in [2.75, 3.05) is 0 Å². The second-order valence-corrected chi connectivity index (χ2v) is 5.11. The summed E-state index contributed by atoms with van der Waals surface area (Å²) in [6.45, 7) is 15.1. The second kappa shape index (κ2) is 8.79. The zero-order chi connectivity index (χ0) is 13.9. The first-order valence-electron chi connectivity index (χ1n) is 7.01. The fourth-order valence-electron chi connectivity index (χ4n) is 2.28. The van der Waals surface area contributed by atoms with E-state index in [9.17, 15) is 0 Å². The van der Waals surface area contributed by atoms with Gasteiger partial charge in [0.1, 0.15) is 0 Å². The van der Waals surface area contributed by atoms with Crippen LogP contribution in [0.2, 0.25) is 0 Å². The van der Waals surface area contributed by atoms with Gasteiger partial charge in [-0.05, 0) is 59.7 Å². The molecule has 0 amide bonds. The quantitative estimate of drug-likeness (QED) is 0.516. The van der Waals surface area contributed by atoms with Gasteiger partial charge >= 0.3 is 0 Å². The van der Waals surface area contributed by atoms with E-state index in [2.05, 4.69) is 58.9 Å². The SMILES string of the molecule is C.C.CC.Cc1cc2c(C)ccc(C(C)C)c2cc1C. The molecule has 0 heteroatoms. The number of hydrogen-bond donors (Lipinski definition) is 0. The van der Waals surface area contributed by atoms with E-state index in [1.165, 1.54) is 33.0 Å². The maximum absolute atomic E-state index is 2.34. The van der Waals surface area contributed by atoms with Gasteiger partial charge in [-0.25, -0.2) is 0 Å². The number of benzene rings is 2. The molecule has 0 atom stereocenters. The molecule has 20 heavy (non-hydrogen) atoms. The van der Waals surface area contributed by atoms with Crippen LogP contribution in [0.25, 0.3) is 10.8 Å². The highest BCUT2D eigenvalue weighted by molar-refractivity contribution is 5.90. The van der Waals surface area contributed by atoms with Gasteiger partial charge in [0.15, 0.2) is 0 Å². The van der Waals surface area contributed by atoms with Crippen LogP contribution in [0.15, 0.2) is 24.3 Å². The van der Waals surface area contributed by atoms with Crippen LogP contribution in [0.3, 0.4) is 0 Å². The third kappa shape index (κ3) is 4.10. The molecule has 2 aromatic carbocycles. The van der Waals surface area contributed by atoms with E-state index < -0.39 is 0 Å². The Kier molecular flexibility index (Phi) is 9.23. The molecule has 0 heterocycles. The third-order valence-electron chi connectivity index (χ3n) is 3.50. The molecule has 0 bridgehead atoms. The highest BCUT2D eigenvalue weighted by atomic mass is 14.1. The molecule has 0 aromatic heterocycles. The smallest absolute Gasteiger partial charge is 0.0144 e. The zero-order valence-corrected chi connectivity index (χ0v) is 12.9. The molecule has 0 unspecified atom stereocenters. The molecule has 0 N–H and O–H groups in total. The summed E-state index contributed by atoms with van der Waals surface area (Å²) in [5.41, 5.74) is 5.61. The van der Waals surface area contributed by atoms with E-state index in [0.717, 1.165) is 0 Å². The highest BCUT2D eigenvalue weighted by Crippen LogP contribution is 2.29. The molecule has 0 saturated carbocycles. The molecular formula is C20H34. The van der Waals surface area contributed by atoms with E-state index in [1.54, 1.807) is 0 Å². The molecule has 0 aliphatic heterocycles. The topological polar surface area (TPSA) is 0 Å². The van der Waals surface area contributed by atoms with Crippen molar-refractivity contribution >= 4 is 10.8 Å². The van der Waals surface area contributed by atoms with Crippen LogP contribution in [0.1, 0.15) is 70.7 Å². The fraction of sp³-hybridized carbons (Fsp3) is 0.500. The van der Waals surface area contributed by atoms with Gasteiger partial charge in [-0.2, -0.15) is 0 Å². The highest BCUT2D eigenvalue weighted by Gasteiger charge is 2.08. The van der Waals surface area contributed by atoms with Gasteiger partial charge in [-0.1, -0.05) is 66.8 Å². The average Bonchev–Trinajstić information content (AvgIpc) is 2.34. The summed E-state index contributed by atoms with van der Waals surface area (Å²) in [6, 6.07) is 9.18. The first-order chi connectivity index (χ1) is 8.50. The lowest BCUT2D eigenvalue weighted by Crippen LogP contribution is -1.93. The third-order valence-corrected chi connectivity index (χ3v) is 3.50.